The fraction of sp³-hybridized carbons (Fsp3) is 0.611. The van der Waals surface area contributed by atoms with Crippen molar-refractivity contribution in [2.75, 3.05) is 13.2 Å². The van der Waals surface area contributed by atoms with Gasteiger partial charge in [-0.05, 0) is 57.4 Å². The van der Waals surface area contributed by atoms with Crippen molar-refractivity contribution in [3.63, 3.8) is 0 Å². The van der Waals surface area contributed by atoms with Crippen LogP contribution in [-0.4, -0.2) is 13.2 Å². The highest BCUT2D eigenvalue weighted by atomic mass is 16.5. The summed E-state index contributed by atoms with van der Waals surface area (Å²) in [4.78, 5) is 0. The average molecular weight is 288 g/mol. The highest BCUT2D eigenvalue weighted by molar-refractivity contribution is 5.29. The van der Waals surface area contributed by atoms with E-state index >= 15 is 0 Å². The molecule has 1 unspecified atom stereocenters. The van der Waals surface area contributed by atoms with Crippen LogP contribution in [0.4, 0.5) is 0 Å². The smallest absolute Gasteiger partial charge is 0.119 e. The quantitative estimate of drug-likeness (QED) is 0.730. The number of ether oxygens (including phenoxy) is 1. The van der Waals surface area contributed by atoms with Gasteiger partial charge in [0.2, 0.25) is 0 Å². The van der Waals surface area contributed by atoms with Gasteiger partial charge in [0.05, 0.1) is 18.1 Å². The Morgan fingerprint density at radius 1 is 1.24 bits per heavy atom. The van der Waals surface area contributed by atoms with Crippen LogP contribution in [0.5, 0.6) is 5.75 Å². The highest BCUT2D eigenvalue weighted by Gasteiger charge is 2.16. The molecule has 116 valence electrons. The van der Waals surface area contributed by atoms with Crippen LogP contribution in [0.25, 0.3) is 0 Å². The van der Waals surface area contributed by atoms with Crippen LogP contribution in [-0.2, 0) is 0 Å². The monoisotopic (exact) mass is 288 g/mol. The topological polar surface area (TPSA) is 45.0 Å². The minimum absolute atomic E-state index is 0.322. The summed E-state index contributed by atoms with van der Waals surface area (Å²) in [7, 11) is 0. The summed E-state index contributed by atoms with van der Waals surface area (Å²) in [6, 6.07) is 11.0. The molecule has 0 aliphatic carbocycles. The summed E-state index contributed by atoms with van der Waals surface area (Å²) in [6.07, 6.45) is 2.96. The number of nitriles is 1. The van der Waals surface area contributed by atoms with Crippen LogP contribution < -0.4 is 10.1 Å². The number of rotatable bonds is 9. The molecular formula is C18H28N2O. The molecule has 0 amide bonds. The molecule has 0 aliphatic rings. The van der Waals surface area contributed by atoms with Crippen molar-refractivity contribution in [3.05, 3.63) is 29.8 Å². The van der Waals surface area contributed by atoms with E-state index in [1.807, 2.05) is 26.0 Å². The van der Waals surface area contributed by atoms with E-state index in [1.165, 1.54) is 5.56 Å². The molecule has 0 fully saturated rings. The molecular weight excluding hydrogens is 260 g/mol. The molecule has 0 saturated heterocycles. The second-order valence-corrected chi connectivity index (χ2v) is 6.08. The van der Waals surface area contributed by atoms with E-state index in [0.717, 1.165) is 31.6 Å². The van der Waals surface area contributed by atoms with Crippen molar-refractivity contribution in [1.29, 1.82) is 5.26 Å². The van der Waals surface area contributed by atoms with E-state index < -0.39 is 0 Å². The minimum Gasteiger partial charge on any atom is -0.494 e. The summed E-state index contributed by atoms with van der Waals surface area (Å²) in [5.41, 5.74) is 0.979. The first kappa shape index (κ1) is 17.5. The van der Waals surface area contributed by atoms with Gasteiger partial charge in [-0.1, -0.05) is 26.0 Å². The number of nitrogens with one attached hydrogen (secondary N) is 1. The Hall–Kier alpha value is -1.53. The number of benzene rings is 1. The van der Waals surface area contributed by atoms with Gasteiger partial charge in [-0.15, -0.1) is 0 Å². The molecule has 3 nitrogen and oxygen atoms in total. The summed E-state index contributed by atoms with van der Waals surface area (Å²) in [5.74, 6) is 0.873. The van der Waals surface area contributed by atoms with Gasteiger partial charge in [-0.25, -0.2) is 0 Å². The molecule has 0 saturated carbocycles. The molecule has 0 heterocycles. The van der Waals surface area contributed by atoms with Crippen molar-refractivity contribution in [2.24, 2.45) is 5.41 Å². The maximum Gasteiger partial charge on any atom is 0.119 e. The third kappa shape index (κ3) is 6.18. The van der Waals surface area contributed by atoms with E-state index in [1.54, 1.807) is 0 Å². The lowest BCUT2D eigenvalue weighted by Crippen LogP contribution is -2.21. The number of hydrogen-bond acceptors (Lipinski definition) is 3. The van der Waals surface area contributed by atoms with Gasteiger partial charge in [0.15, 0.2) is 0 Å². The molecule has 0 bridgehead atoms. The zero-order valence-corrected chi connectivity index (χ0v) is 13.8. The van der Waals surface area contributed by atoms with Crippen LogP contribution in [0.3, 0.4) is 0 Å². The fourth-order valence-electron chi connectivity index (χ4n) is 2.09. The van der Waals surface area contributed by atoms with Gasteiger partial charge in [0.1, 0.15) is 5.75 Å². The predicted molar refractivity (Wildman–Crippen MR) is 87.3 cm³/mol. The van der Waals surface area contributed by atoms with Crippen molar-refractivity contribution in [1.82, 2.24) is 5.32 Å². The van der Waals surface area contributed by atoms with Gasteiger partial charge in [-0.3, -0.25) is 0 Å². The van der Waals surface area contributed by atoms with E-state index in [-0.39, 0.29) is 5.41 Å². The Morgan fingerprint density at radius 2 is 1.90 bits per heavy atom. The fourth-order valence-corrected chi connectivity index (χ4v) is 2.09. The molecule has 0 aliphatic heterocycles. The summed E-state index contributed by atoms with van der Waals surface area (Å²) in [6.45, 7) is 9.86. The lowest BCUT2D eigenvalue weighted by atomic mass is 9.92. The largest absolute Gasteiger partial charge is 0.494 e. The Labute approximate surface area is 129 Å². The molecule has 1 aromatic carbocycles. The van der Waals surface area contributed by atoms with Crippen LogP contribution in [0, 0.1) is 16.7 Å². The SMILES string of the molecule is CCCNC(CC)c1ccc(OCCC(C)(C)C#N)cc1. The maximum absolute atomic E-state index is 8.97. The van der Waals surface area contributed by atoms with Crippen LogP contribution >= 0.6 is 0 Å². The summed E-state index contributed by atoms with van der Waals surface area (Å²) in [5, 5.41) is 12.5. The highest BCUT2D eigenvalue weighted by Crippen LogP contribution is 2.22. The number of nitrogens with zero attached hydrogens (tertiary/aromatic N) is 1. The van der Waals surface area contributed by atoms with Crippen LogP contribution in [0.2, 0.25) is 0 Å². The molecule has 0 radical (unpaired) electrons. The first-order valence-corrected chi connectivity index (χ1v) is 7.89. The Balaban J connectivity index is 2.52. The Morgan fingerprint density at radius 3 is 2.43 bits per heavy atom. The van der Waals surface area contributed by atoms with Crippen LogP contribution in [0.1, 0.15) is 58.6 Å². The van der Waals surface area contributed by atoms with Gasteiger partial charge >= 0.3 is 0 Å². The molecule has 0 aromatic heterocycles. The lowest BCUT2D eigenvalue weighted by molar-refractivity contribution is 0.264. The first-order valence-electron chi connectivity index (χ1n) is 7.89. The van der Waals surface area contributed by atoms with E-state index in [9.17, 15) is 0 Å². The van der Waals surface area contributed by atoms with Crippen LogP contribution in [0.15, 0.2) is 24.3 Å². The van der Waals surface area contributed by atoms with Crippen molar-refractivity contribution in [3.8, 4) is 11.8 Å². The molecule has 1 rings (SSSR count). The van der Waals surface area contributed by atoms with Gasteiger partial charge < -0.3 is 10.1 Å². The lowest BCUT2D eigenvalue weighted by Gasteiger charge is -2.18. The van der Waals surface area contributed by atoms with Crippen molar-refractivity contribution >= 4 is 0 Å². The van der Waals surface area contributed by atoms with Crippen molar-refractivity contribution in [2.45, 2.75) is 53.0 Å². The second kappa shape index (κ2) is 8.69. The third-order valence-corrected chi connectivity index (χ3v) is 3.63. The molecule has 1 atom stereocenters. The standard InChI is InChI=1S/C18H28N2O/c1-5-12-20-17(6-2)15-7-9-16(10-8-15)21-13-11-18(3,4)14-19/h7-10,17,20H,5-6,11-13H2,1-4H3. The number of hydrogen-bond donors (Lipinski definition) is 1. The van der Waals surface area contributed by atoms with E-state index in [0.29, 0.717) is 12.6 Å². The first-order chi connectivity index (χ1) is 10.0. The molecule has 3 heteroatoms. The third-order valence-electron chi connectivity index (χ3n) is 3.63. The molecule has 1 N–H and O–H groups in total. The van der Waals surface area contributed by atoms with Gasteiger partial charge in [-0.2, -0.15) is 5.26 Å². The average Bonchev–Trinajstić information content (AvgIpc) is 2.49. The molecule has 21 heavy (non-hydrogen) atoms. The Bertz CT molecular complexity index is 445. The zero-order valence-electron chi connectivity index (χ0n) is 13.8. The Kier molecular flexibility index (Phi) is 7.25. The minimum atomic E-state index is -0.322. The molecule has 1 aromatic rings. The second-order valence-electron chi connectivity index (χ2n) is 6.08. The van der Waals surface area contributed by atoms with E-state index in [4.69, 9.17) is 10.00 Å². The maximum atomic E-state index is 8.97. The zero-order chi connectivity index (χ0) is 15.7. The van der Waals surface area contributed by atoms with Gasteiger partial charge in [0.25, 0.3) is 0 Å². The summed E-state index contributed by atoms with van der Waals surface area (Å²) >= 11 is 0. The molecule has 0 spiro atoms. The normalized spacial score (nSPS) is 12.7. The van der Waals surface area contributed by atoms with E-state index in [2.05, 4.69) is 37.4 Å². The van der Waals surface area contributed by atoms with Gasteiger partial charge in [0, 0.05) is 6.04 Å². The predicted octanol–water partition coefficient (Wildman–Crippen LogP) is 4.46. The van der Waals surface area contributed by atoms with Crippen molar-refractivity contribution < 1.29 is 4.74 Å². The summed E-state index contributed by atoms with van der Waals surface area (Å²) < 4.78 is 5.72.